The number of hydrogen-bond acceptors (Lipinski definition) is 3. The molecule has 0 radical (unpaired) electrons. The molecule has 1 aromatic carbocycles. The summed E-state index contributed by atoms with van der Waals surface area (Å²) >= 11 is 0. The third-order valence-electron chi connectivity index (χ3n) is 6.32. The lowest BCUT2D eigenvalue weighted by Crippen LogP contribution is -2.40. The van der Waals surface area contributed by atoms with Gasteiger partial charge >= 0.3 is 0 Å². The highest BCUT2D eigenvalue weighted by Crippen LogP contribution is 2.29. The van der Waals surface area contributed by atoms with Crippen LogP contribution in [0.15, 0.2) is 18.2 Å². The molecule has 5 nitrogen and oxygen atoms in total. The number of rotatable bonds is 4. The molecule has 27 heavy (non-hydrogen) atoms. The van der Waals surface area contributed by atoms with Crippen molar-refractivity contribution in [2.24, 2.45) is 0 Å². The first kappa shape index (κ1) is 18.4. The Kier molecular flexibility index (Phi) is 5.17. The van der Waals surface area contributed by atoms with Gasteiger partial charge in [-0.1, -0.05) is 13.0 Å². The van der Waals surface area contributed by atoms with Crippen LogP contribution in [0.5, 0.6) is 0 Å². The summed E-state index contributed by atoms with van der Waals surface area (Å²) in [6, 6.07) is 5.85. The van der Waals surface area contributed by atoms with Gasteiger partial charge in [0.15, 0.2) is 0 Å². The van der Waals surface area contributed by atoms with E-state index in [1.807, 2.05) is 17.0 Å². The van der Waals surface area contributed by atoms with Crippen LogP contribution in [-0.4, -0.2) is 71.5 Å². The Hall–Kier alpha value is -1.95. The van der Waals surface area contributed by atoms with Crippen molar-refractivity contribution in [3.8, 4) is 0 Å². The molecular weight excluding hydrogens is 345 g/mol. The number of hydrogen-bond donors (Lipinski definition) is 0. The lowest BCUT2D eigenvalue weighted by Gasteiger charge is -2.29. The number of likely N-dealkylation sites (tertiary alicyclic amines) is 2. The average Bonchev–Trinajstić information content (AvgIpc) is 3.26. The van der Waals surface area contributed by atoms with Gasteiger partial charge < -0.3 is 9.80 Å². The molecule has 4 rings (SSSR count). The van der Waals surface area contributed by atoms with Gasteiger partial charge in [0.1, 0.15) is 6.17 Å². The fraction of sp³-hybridized carbons (Fsp3) is 0.619. The van der Waals surface area contributed by atoms with Gasteiger partial charge in [-0.2, -0.15) is 0 Å². The van der Waals surface area contributed by atoms with Crippen molar-refractivity contribution in [2.45, 2.75) is 51.4 Å². The monoisotopic (exact) mass is 373 g/mol. The summed E-state index contributed by atoms with van der Waals surface area (Å²) in [6.45, 7) is 6.41. The highest BCUT2D eigenvalue weighted by Gasteiger charge is 2.35. The Balaban J connectivity index is 1.51. The number of fused-ring (bicyclic) bond motifs is 1. The molecule has 0 aliphatic carbocycles. The number of halogens is 1. The molecule has 3 heterocycles. The van der Waals surface area contributed by atoms with E-state index >= 15 is 0 Å². The van der Waals surface area contributed by atoms with E-state index in [1.165, 1.54) is 6.42 Å². The zero-order valence-electron chi connectivity index (χ0n) is 16.0. The molecule has 146 valence electrons. The number of benzene rings is 1. The van der Waals surface area contributed by atoms with Crippen LogP contribution in [0, 0.1) is 0 Å². The molecule has 3 aliphatic heterocycles. The maximum Gasteiger partial charge on any atom is 0.254 e. The van der Waals surface area contributed by atoms with E-state index in [0.717, 1.165) is 31.6 Å². The number of carbonyl (C=O) groups excluding carboxylic acids is 2. The van der Waals surface area contributed by atoms with Crippen LogP contribution in [-0.2, 0) is 6.54 Å². The van der Waals surface area contributed by atoms with Gasteiger partial charge in [0.05, 0.1) is 0 Å². The standard InChI is InChI=1S/C21H28FN3O2/c1-2-23-10-4-5-16(23)13-25-14-19-17(6-3-7-18(19)21(25)27)20(26)24-11-8-15(22)9-12-24/h3,6-7,15-16H,2,4-5,8-14H2,1H3. The Bertz CT molecular complexity index is 730. The molecule has 0 spiro atoms. The van der Waals surface area contributed by atoms with E-state index in [9.17, 15) is 14.0 Å². The van der Waals surface area contributed by atoms with Gasteiger partial charge in [-0.15, -0.1) is 0 Å². The normalized spacial score (nSPS) is 23.9. The molecule has 1 atom stereocenters. The highest BCUT2D eigenvalue weighted by atomic mass is 19.1. The van der Waals surface area contributed by atoms with Crippen molar-refractivity contribution < 1.29 is 14.0 Å². The minimum Gasteiger partial charge on any atom is -0.338 e. The van der Waals surface area contributed by atoms with Crippen LogP contribution < -0.4 is 0 Å². The summed E-state index contributed by atoms with van der Waals surface area (Å²) in [7, 11) is 0. The summed E-state index contributed by atoms with van der Waals surface area (Å²) in [5, 5.41) is 0. The highest BCUT2D eigenvalue weighted by molar-refractivity contribution is 6.04. The first-order valence-corrected chi connectivity index (χ1v) is 10.2. The van der Waals surface area contributed by atoms with Crippen LogP contribution in [0.25, 0.3) is 0 Å². The van der Waals surface area contributed by atoms with E-state index in [2.05, 4.69) is 11.8 Å². The Morgan fingerprint density at radius 3 is 2.70 bits per heavy atom. The molecule has 0 aromatic heterocycles. The Morgan fingerprint density at radius 1 is 1.19 bits per heavy atom. The zero-order valence-corrected chi connectivity index (χ0v) is 16.0. The first-order valence-electron chi connectivity index (χ1n) is 10.2. The average molecular weight is 373 g/mol. The summed E-state index contributed by atoms with van der Waals surface area (Å²) in [4.78, 5) is 32.0. The Labute approximate surface area is 160 Å². The topological polar surface area (TPSA) is 43.9 Å². The second-order valence-corrected chi connectivity index (χ2v) is 7.91. The minimum atomic E-state index is -0.805. The molecule has 6 heteroatoms. The summed E-state index contributed by atoms with van der Waals surface area (Å²) in [5.74, 6) is -0.0329. The van der Waals surface area contributed by atoms with Crippen molar-refractivity contribution in [1.82, 2.24) is 14.7 Å². The number of likely N-dealkylation sites (N-methyl/N-ethyl adjacent to an activating group) is 1. The van der Waals surface area contributed by atoms with Crippen LogP contribution in [0.2, 0.25) is 0 Å². The van der Waals surface area contributed by atoms with Gasteiger partial charge in [0, 0.05) is 43.3 Å². The molecule has 2 fully saturated rings. The van der Waals surface area contributed by atoms with Gasteiger partial charge in [-0.25, -0.2) is 4.39 Å². The SMILES string of the molecule is CCN1CCCC1CN1Cc2c(C(=O)N3CCC(F)CC3)cccc2C1=O. The quantitative estimate of drug-likeness (QED) is 0.815. The fourth-order valence-electron chi connectivity index (χ4n) is 4.73. The molecule has 2 saturated heterocycles. The number of amides is 2. The number of piperidine rings is 1. The minimum absolute atomic E-state index is 0.0325. The van der Waals surface area contributed by atoms with E-state index in [-0.39, 0.29) is 11.8 Å². The summed E-state index contributed by atoms with van der Waals surface area (Å²) in [6.07, 6.45) is 2.31. The maximum absolute atomic E-state index is 13.4. The van der Waals surface area contributed by atoms with Gasteiger partial charge in [0.25, 0.3) is 11.8 Å². The zero-order chi connectivity index (χ0) is 19.0. The van der Waals surface area contributed by atoms with Crippen LogP contribution >= 0.6 is 0 Å². The van der Waals surface area contributed by atoms with Crippen molar-refractivity contribution in [3.05, 3.63) is 34.9 Å². The number of carbonyl (C=O) groups is 2. The number of nitrogens with zero attached hydrogens (tertiary/aromatic N) is 3. The molecule has 0 bridgehead atoms. The largest absolute Gasteiger partial charge is 0.338 e. The lowest BCUT2D eigenvalue weighted by atomic mass is 10.0. The van der Waals surface area contributed by atoms with Crippen molar-refractivity contribution in [3.63, 3.8) is 0 Å². The van der Waals surface area contributed by atoms with Crippen molar-refractivity contribution in [1.29, 1.82) is 0 Å². The van der Waals surface area contributed by atoms with E-state index in [0.29, 0.717) is 49.6 Å². The van der Waals surface area contributed by atoms with Crippen molar-refractivity contribution in [2.75, 3.05) is 32.7 Å². The fourth-order valence-corrected chi connectivity index (χ4v) is 4.73. The summed E-state index contributed by atoms with van der Waals surface area (Å²) < 4.78 is 13.4. The molecule has 1 aromatic rings. The van der Waals surface area contributed by atoms with E-state index < -0.39 is 6.17 Å². The van der Waals surface area contributed by atoms with Crippen LogP contribution in [0.3, 0.4) is 0 Å². The predicted molar refractivity (Wildman–Crippen MR) is 101 cm³/mol. The Morgan fingerprint density at radius 2 is 1.96 bits per heavy atom. The molecular formula is C21H28FN3O2. The van der Waals surface area contributed by atoms with E-state index in [1.54, 1.807) is 11.0 Å². The third-order valence-corrected chi connectivity index (χ3v) is 6.32. The molecule has 0 N–H and O–H groups in total. The van der Waals surface area contributed by atoms with Crippen molar-refractivity contribution >= 4 is 11.8 Å². The summed E-state index contributed by atoms with van der Waals surface area (Å²) in [5.41, 5.74) is 2.11. The molecule has 1 unspecified atom stereocenters. The second kappa shape index (κ2) is 7.58. The molecule has 3 aliphatic rings. The van der Waals surface area contributed by atoms with E-state index in [4.69, 9.17) is 0 Å². The van der Waals surface area contributed by atoms with Gasteiger partial charge in [-0.05, 0) is 56.5 Å². The van der Waals surface area contributed by atoms with Gasteiger partial charge in [-0.3, -0.25) is 14.5 Å². The first-order chi connectivity index (χ1) is 13.1. The number of alkyl halides is 1. The molecule has 2 amide bonds. The lowest BCUT2D eigenvalue weighted by molar-refractivity contribution is 0.0661. The van der Waals surface area contributed by atoms with Crippen LogP contribution in [0.1, 0.15) is 58.9 Å². The third kappa shape index (κ3) is 3.47. The van der Waals surface area contributed by atoms with Crippen LogP contribution in [0.4, 0.5) is 4.39 Å². The molecule has 0 saturated carbocycles. The maximum atomic E-state index is 13.4. The van der Waals surface area contributed by atoms with Gasteiger partial charge in [0.2, 0.25) is 0 Å². The predicted octanol–water partition coefficient (Wildman–Crippen LogP) is 2.70. The smallest absolute Gasteiger partial charge is 0.254 e. The second-order valence-electron chi connectivity index (χ2n) is 7.91.